The molecule has 0 amide bonds. The van der Waals surface area contributed by atoms with Gasteiger partial charge in [-0.05, 0) is 0 Å². The van der Waals surface area contributed by atoms with Crippen molar-refractivity contribution in [2.75, 3.05) is 37.0 Å². The van der Waals surface area contributed by atoms with Crippen molar-refractivity contribution in [1.82, 2.24) is 4.31 Å². The second kappa shape index (κ2) is 15.2. The number of benzene rings is 3. The molecular weight excluding hydrogens is 738 g/mol. The Morgan fingerprint density at radius 2 is 1.34 bits per heavy atom. The SMILES string of the molecule is CCCc1cc(C)cc(C)c1N1CCN(c2c(C)cc(C)cc2CCC)[C]1=[Ru]([Cl])([Cl])=[CH]c1cc(S(=O)(=O)N(C)C)ccc1OC(C)C. The molecule has 47 heavy (non-hydrogen) atoms. The van der Waals surface area contributed by atoms with Gasteiger partial charge in [0.1, 0.15) is 0 Å². The summed E-state index contributed by atoms with van der Waals surface area (Å²) in [6.07, 6.45) is 3.78. The quantitative estimate of drug-likeness (QED) is 0.182. The van der Waals surface area contributed by atoms with Gasteiger partial charge in [0.25, 0.3) is 0 Å². The first kappa shape index (κ1) is 37.7. The molecule has 0 bridgehead atoms. The molecule has 1 aliphatic heterocycles. The number of ether oxygens (including phenoxy) is 1. The second-order valence-corrected chi connectivity index (χ2v) is 24.3. The van der Waals surface area contributed by atoms with Gasteiger partial charge in [0.15, 0.2) is 0 Å². The molecular formula is C37H51Cl2N3O3RuS. The van der Waals surface area contributed by atoms with E-state index >= 15 is 0 Å². The standard InChI is InChI=1S/C25H34N2.C12H17NO3S.2ClH.Ru/c1-7-9-22-15-18(3)13-20(5)24(22)26-11-12-27(17-26)25-21(6)14-19(4)16-23(25)10-8-2;1-9(2)16-12-7-6-11(8-10(12)3)17(14,15)13(4)5;;;/h13-16H,7-12H2,1-6H3;3,6-9H,1-2,4-5H3;2*1H;/q;;;;+2/p-2. The summed E-state index contributed by atoms with van der Waals surface area (Å²) < 4.78 is 36.7. The van der Waals surface area contributed by atoms with E-state index in [1.807, 2.05) is 18.5 Å². The molecule has 10 heteroatoms. The molecule has 1 saturated heterocycles. The van der Waals surface area contributed by atoms with E-state index in [9.17, 15) is 8.42 Å². The molecule has 6 nitrogen and oxygen atoms in total. The fourth-order valence-corrected chi connectivity index (χ4v) is 13.4. The van der Waals surface area contributed by atoms with Crippen molar-refractivity contribution < 1.29 is 25.0 Å². The Hall–Kier alpha value is -2.09. The number of halogens is 2. The van der Waals surface area contributed by atoms with Gasteiger partial charge in [-0.25, -0.2) is 0 Å². The Morgan fingerprint density at radius 1 is 0.851 bits per heavy atom. The fourth-order valence-electron chi connectivity index (χ4n) is 6.49. The molecule has 0 saturated carbocycles. The minimum absolute atomic E-state index is 0.130. The van der Waals surface area contributed by atoms with Crippen molar-refractivity contribution in [1.29, 1.82) is 0 Å². The third kappa shape index (κ3) is 8.21. The van der Waals surface area contributed by atoms with E-state index in [0.717, 1.165) is 43.1 Å². The third-order valence-corrected chi connectivity index (χ3v) is 15.5. The molecule has 1 aliphatic rings. The second-order valence-electron chi connectivity index (χ2n) is 12.9. The molecule has 4 rings (SSSR count). The van der Waals surface area contributed by atoms with Gasteiger partial charge < -0.3 is 0 Å². The zero-order valence-electron chi connectivity index (χ0n) is 29.5. The summed E-state index contributed by atoms with van der Waals surface area (Å²) in [7, 11) is 14.9. The summed E-state index contributed by atoms with van der Waals surface area (Å²) in [5.74, 6) is 0.553. The van der Waals surface area contributed by atoms with Crippen molar-refractivity contribution in [3.63, 3.8) is 0 Å². The number of anilines is 2. The molecule has 1 heterocycles. The van der Waals surface area contributed by atoms with Crippen LogP contribution in [0.3, 0.4) is 0 Å². The molecule has 260 valence electrons. The Balaban J connectivity index is 2.14. The van der Waals surface area contributed by atoms with Crippen LogP contribution in [0.5, 0.6) is 5.75 Å². The van der Waals surface area contributed by atoms with Crippen LogP contribution >= 0.6 is 19.4 Å². The van der Waals surface area contributed by atoms with Crippen molar-refractivity contribution in [2.24, 2.45) is 0 Å². The Labute approximate surface area is 293 Å². The van der Waals surface area contributed by atoms with E-state index in [0.29, 0.717) is 11.3 Å². The minimum atomic E-state index is -4.00. The fraction of sp³-hybridized carbons (Fsp3) is 0.459. The normalized spacial score (nSPS) is 14.5. The van der Waals surface area contributed by atoms with E-state index < -0.39 is 21.9 Å². The van der Waals surface area contributed by atoms with Gasteiger partial charge in [-0.15, -0.1) is 0 Å². The first-order valence-corrected chi connectivity index (χ1v) is 24.1. The summed E-state index contributed by atoms with van der Waals surface area (Å²) in [6, 6.07) is 14.0. The van der Waals surface area contributed by atoms with E-state index in [-0.39, 0.29) is 11.0 Å². The number of rotatable bonds is 11. The molecule has 0 aromatic heterocycles. The Bertz CT molecular complexity index is 1800. The maximum atomic E-state index is 13.2. The van der Waals surface area contributed by atoms with Crippen LogP contribution in [0, 0.1) is 27.7 Å². The van der Waals surface area contributed by atoms with Crippen molar-refractivity contribution >= 4 is 49.7 Å². The van der Waals surface area contributed by atoms with Gasteiger partial charge in [0, 0.05) is 0 Å². The predicted molar refractivity (Wildman–Crippen MR) is 199 cm³/mol. The van der Waals surface area contributed by atoms with Gasteiger partial charge in [-0.3, -0.25) is 0 Å². The van der Waals surface area contributed by atoms with Crippen LogP contribution in [0.25, 0.3) is 0 Å². The monoisotopic (exact) mass is 789 g/mol. The molecule has 3 aromatic carbocycles. The molecule has 0 N–H and O–H groups in total. The van der Waals surface area contributed by atoms with E-state index in [1.165, 1.54) is 63.2 Å². The van der Waals surface area contributed by atoms with Gasteiger partial charge >= 0.3 is 295 Å². The first-order chi connectivity index (χ1) is 22.0. The predicted octanol–water partition coefficient (Wildman–Crippen LogP) is 8.59. The summed E-state index contributed by atoms with van der Waals surface area (Å²) in [5, 5.41) is 0. The number of hydrogen-bond donors (Lipinski definition) is 0. The van der Waals surface area contributed by atoms with Crippen LogP contribution in [0.1, 0.15) is 79.5 Å². The zero-order chi connectivity index (χ0) is 34.8. The topological polar surface area (TPSA) is 53.1 Å². The van der Waals surface area contributed by atoms with Gasteiger partial charge in [0.05, 0.1) is 0 Å². The maximum absolute atomic E-state index is 13.2. The van der Waals surface area contributed by atoms with Crippen LogP contribution in [-0.4, -0.2) is 55.0 Å². The average molecular weight is 790 g/mol. The van der Waals surface area contributed by atoms with Crippen molar-refractivity contribution in [3.8, 4) is 5.75 Å². The van der Waals surface area contributed by atoms with E-state index in [2.05, 4.69) is 75.6 Å². The van der Waals surface area contributed by atoms with Gasteiger partial charge in [-0.1, -0.05) is 0 Å². The van der Waals surface area contributed by atoms with Crippen molar-refractivity contribution in [3.05, 3.63) is 81.4 Å². The van der Waals surface area contributed by atoms with Crippen LogP contribution < -0.4 is 14.5 Å². The van der Waals surface area contributed by atoms with Gasteiger partial charge in [0.2, 0.25) is 0 Å². The summed E-state index contributed by atoms with van der Waals surface area (Å²) in [6.45, 7) is 18.4. The van der Waals surface area contributed by atoms with Crippen LogP contribution in [0.4, 0.5) is 11.4 Å². The molecule has 0 aliphatic carbocycles. The molecule has 0 spiro atoms. The summed E-state index contributed by atoms with van der Waals surface area (Å²) in [4.78, 5) is 4.89. The summed E-state index contributed by atoms with van der Waals surface area (Å²) in [5.41, 5.74) is 10.3. The van der Waals surface area contributed by atoms with E-state index in [1.54, 1.807) is 18.2 Å². The summed E-state index contributed by atoms with van der Waals surface area (Å²) >= 11 is -4.00. The molecule has 0 radical (unpaired) electrons. The number of sulfonamides is 1. The van der Waals surface area contributed by atoms with Crippen LogP contribution in [0.15, 0.2) is 47.4 Å². The average Bonchev–Trinajstić information content (AvgIpc) is 3.38. The number of hydrogen-bond acceptors (Lipinski definition) is 5. The molecule has 0 unspecified atom stereocenters. The molecule has 3 aromatic rings. The Morgan fingerprint density at radius 3 is 1.77 bits per heavy atom. The van der Waals surface area contributed by atoms with Gasteiger partial charge in [-0.2, -0.15) is 0 Å². The third-order valence-electron chi connectivity index (χ3n) is 8.18. The number of nitrogens with zero attached hydrogens (tertiary/aromatic N) is 3. The zero-order valence-corrected chi connectivity index (χ0v) is 33.6. The Kier molecular flexibility index (Phi) is 12.2. The van der Waals surface area contributed by atoms with E-state index in [4.69, 9.17) is 24.1 Å². The van der Waals surface area contributed by atoms with Crippen LogP contribution in [-0.2, 0) is 34.8 Å². The first-order valence-electron chi connectivity index (χ1n) is 16.3. The molecule has 0 atom stereocenters. The van der Waals surface area contributed by atoms with Crippen molar-refractivity contribution in [2.45, 2.75) is 92.1 Å². The van der Waals surface area contributed by atoms with Crippen LogP contribution in [0.2, 0.25) is 0 Å². The molecule has 1 fully saturated rings. The number of aryl methyl sites for hydroxylation is 6.